The van der Waals surface area contributed by atoms with E-state index < -0.39 is 0 Å². The van der Waals surface area contributed by atoms with E-state index in [1.165, 1.54) is 30.3 Å². The summed E-state index contributed by atoms with van der Waals surface area (Å²) in [6.07, 6.45) is 5.33. The van der Waals surface area contributed by atoms with Crippen LogP contribution < -0.4 is 11.1 Å². The topological polar surface area (TPSA) is 89.1 Å². The maximum Gasteiger partial charge on any atom is 0.241 e. The molecule has 1 saturated heterocycles. The summed E-state index contributed by atoms with van der Waals surface area (Å²) in [5.41, 5.74) is 5.37. The molecule has 0 unspecified atom stereocenters. The number of nitrogen functional groups attached to an aromatic ring is 1. The number of carbonyl (C=O) groups is 1. The lowest BCUT2D eigenvalue weighted by molar-refractivity contribution is -0.121. The Morgan fingerprint density at radius 3 is 2.83 bits per heavy atom. The summed E-state index contributed by atoms with van der Waals surface area (Å²) in [7, 11) is 0. The van der Waals surface area contributed by atoms with Gasteiger partial charge >= 0.3 is 0 Å². The third-order valence-corrected chi connectivity index (χ3v) is 3.06. The van der Waals surface area contributed by atoms with Gasteiger partial charge in [-0.05, 0) is 25.9 Å². The number of likely N-dealkylation sites (tertiary alicyclic amines) is 1. The minimum Gasteiger partial charge on any atom is -0.367 e. The fourth-order valence-corrected chi connectivity index (χ4v) is 2.12. The lowest BCUT2D eigenvalue weighted by Gasteiger charge is -2.26. The zero-order valence-electron chi connectivity index (χ0n) is 10.5. The first-order valence-corrected chi connectivity index (χ1v) is 6.38. The monoisotopic (exact) mass is 252 g/mol. The molecule has 2 heterocycles. The van der Waals surface area contributed by atoms with E-state index in [4.69, 9.17) is 5.73 Å². The van der Waals surface area contributed by atoms with Crippen molar-refractivity contribution in [3.8, 4) is 0 Å². The number of carbonyl (C=O) groups excluding carboxylic acids is 1. The number of aromatic nitrogens is 3. The van der Waals surface area contributed by atoms with E-state index in [0.29, 0.717) is 6.54 Å². The van der Waals surface area contributed by atoms with E-state index in [2.05, 4.69) is 20.3 Å². The molecule has 18 heavy (non-hydrogen) atoms. The minimum atomic E-state index is -0.0584. The van der Waals surface area contributed by atoms with Crippen LogP contribution in [0.3, 0.4) is 0 Å². The van der Waals surface area contributed by atoms with Crippen LogP contribution in [0.15, 0.2) is 6.33 Å². The fraction of sp³-hybridized carbons (Fsp3) is 0.727. The maximum atomic E-state index is 11.6. The molecule has 0 saturated carbocycles. The number of anilines is 1. The third-order valence-electron chi connectivity index (χ3n) is 3.06. The fourth-order valence-electron chi connectivity index (χ4n) is 2.12. The van der Waals surface area contributed by atoms with Crippen LogP contribution in [0.4, 0.5) is 5.95 Å². The predicted octanol–water partition coefficient (Wildman–Crippen LogP) is -0.538. The van der Waals surface area contributed by atoms with Crippen molar-refractivity contribution >= 4 is 11.9 Å². The van der Waals surface area contributed by atoms with Gasteiger partial charge in [0.05, 0.1) is 0 Å². The van der Waals surface area contributed by atoms with Crippen LogP contribution in [0.25, 0.3) is 0 Å². The van der Waals surface area contributed by atoms with Gasteiger partial charge in [0.2, 0.25) is 11.9 Å². The number of piperidine rings is 1. The van der Waals surface area contributed by atoms with Crippen molar-refractivity contribution in [2.45, 2.75) is 25.8 Å². The molecule has 3 N–H and O–H groups in total. The van der Waals surface area contributed by atoms with E-state index in [-0.39, 0.29) is 18.4 Å². The Balaban J connectivity index is 1.62. The molecule has 0 atom stereocenters. The lowest BCUT2D eigenvalue weighted by atomic mass is 10.1. The van der Waals surface area contributed by atoms with Gasteiger partial charge in [-0.3, -0.25) is 4.79 Å². The molecule has 1 aromatic heterocycles. The molecule has 7 heteroatoms. The molecule has 100 valence electrons. The summed E-state index contributed by atoms with van der Waals surface area (Å²) in [4.78, 5) is 17.8. The molecular weight excluding hydrogens is 232 g/mol. The molecule has 1 amide bonds. The van der Waals surface area contributed by atoms with Gasteiger partial charge in [0.1, 0.15) is 12.9 Å². The summed E-state index contributed by atoms with van der Waals surface area (Å²) in [5, 5.41) is 6.74. The normalized spacial score (nSPS) is 16.7. The average Bonchev–Trinajstić information content (AvgIpc) is 2.76. The van der Waals surface area contributed by atoms with E-state index >= 15 is 0 Å². The second-order valence-electron chi connectivity index (χ2n) is 4.55. The summed E-state index contributed by atoms with van der Waals surface area (Å²) in [6.45, 7) is 4.07. The first-order chi connectivity index (χ1) is 8.74. The predicted molar refractivity (Wildman–Crippen MR) is 67.7 cm³/mol. The average molecular weight is 252 g/mol. The first kappa shape index (κ1) is 12.8. The van der Waals surface area contributed by atoms with Gasteiger partial charge in [0.25, 0.3) is 0 Å². The van der Waals surface area contributed by atoms with E-state index in [1.54, 1.807) is 0 Å². The second kappa shape index (κ2) is 6.34. The van der Waals surface area contributed by atoms with Crippen LogP contribution in [0.1, 0.15) is 19.3 Å². The van der Waals surface area contributed by atoms with Crippen molar-refractivity contribution in [3.63, 3.8) is 0 Å². The van der Waals surface area contributed by atoms with Gasteiger partial charge in [-0.2, -0.15) is 0 Å². The Hall–Kier alpha value is -1.63. The standard InChI is InChI=1S/C11H20N6O/c12-11-14-9-17(15-11)8-10(18)13-4-7-16-5-2-1-3-6-16/h9H,1-8H2,(H2,12,15)(H,13,18). The summed E-state index contributed by atoms with van der Waals surface area (Å²) >= 11 is 0. The van der Waals surface area contributed by atoms with E-state index in [9.17, 15) is 4.79 Å². The summed E-state index contributed by atoms with van der Waals surface area (Å²) in [6, 6.07) is 0. The Morgan fingerprint density at radius 2 is 2.17 bits per heavy atom. The Kier molecular flexibility index (Phi) is 4.52. The number of hydrogen-bond donors (Lipinski definition) is 2. The Morgan fingerprint density at radius 1 is 1.39 bits per heavy atom. The number of nitrogens with one attached hydrogen (secondary N) is 1. The SMILES string of the molecule is Nc1ncn(CC(=O)NCCN2CCCCC2)n1. The molecule has 0 aromatic carbocycles. The highest BCUT2D eigenvalue weighted by Gasteiger charge is 2.10. The van der Waals surface area contributed by atoms with Gasteiger partial charge in [0.15, 0.2) is 0 Å². The molecule has 2 rings (SSSR count). The highest BCUT2D eigenvalue weighted by atomic mass is 16.2. The molecule has 1 aliphatic heterocycles. The number of amides is 1. The zero-order chi connectivity index (χ0) is 12.8. The van der Waals surface area contributed by atoms with Crippen LogP contribution in [0.2, 0.25) is 0 Å². The molecule has 7 nitrogen and oxygen atoms in total. The lowest BCUT2D eigenvalue weighted by Crippen LogP contribution is -2.38. The molecule has 1 fully saturated rings. The molecule has 0 spiro atoms. The Bertz CT molecular complexity index is 385. The zero-order valence-corrected chi connectivity index (χ0v) is 10.5. The number of nitrogens with two attached hydrogens (primary N) is 1. The number of hydrogen-bond acceptors (Lipinski definition) is 5. The van der Waals surface area contributed by atoms with Gasteiger partial charge in [-0.1, -0.05) is 6.42 Å². The van der Waals surface area contributed by atoms with Crippen LogP contribution in [-0.2, 0) is 11.3 Å². The molecule has 0 radical (unpaired) electrons. The second-order valence-corrected chi connectivity index (χ2v) is 4.55. The van der Waals surface area contributed by atoms with Crippen molar-refractivity contribution in [2.75, 3.05) is 31.9 Å². The molecule has 1 aliphatic rings. The van der Waals surface area contributed by atoms with Crippen molar-refractivity contribution in [2.24, 2.45) is 0 Å². The maximum absolute atomic E-state index is 11.6. The highest BCUT2D eigenvalue weighted by Crippen LogP contribution is 2.07. The van der Waals surface area contributed by atoms with Crippen LogP contribution >= 0.6 is 0 Å². The van der Waals surface area contributed by atoms with Gasteiger partial charge in [-0.25, -0.2) is 9.67 Å². The minimum absolute atomic E-state index is 0.0584. The smallest absolute Gasteiger partial charge is 0.241 e. The number of nitrogens with zero attached hydrogens (tertiary/aromatic N) is 4. The van der Waals surface area contributed by atoms with Gasteiger partial charge in [-0.15, -0.1) is 5.10 Å². The largest absolute Gasteiger partial charge is 0.367 e. The van der Waals surface area contributed by atoms with Gasteiger partial charge in [0, 0.05) is 13.1 Å². The molecular formula is C11H20N6O. The van der Waals surface area contributed by atoms with E-state index in [0.717, 1.165) is 19.6 Å². The summed E-state index contributed by atoms with van der Waals surface area (Å²) in [5.74, 6) is 0.132. The van der Waals surface area contributed by atoms with Gasteiger partial charge < -0.3 is 16.0 Å². The highest BCUT2D eigenvalue weighted by molar-refractivity contribution is 5.75. The quantitative estimate of drug-likeness (QED) is 0.735. The van der Waals surface area contributed by atoms with Crippen molar-refractivity contribution in [1.29, 1.82) is 0 Å². The first-order valence-electron chi connectivity index (χ1n) is 6.38. The van der Waals surface area contributed by atoms with Crippen molar-refractivity contribution in [3.05, 3.63) is 6.33 Å². The van der Waals surface area contributed by atoms with E-state index in [1.807, 2.05) is 0 Å². The molecule has 0 aliphatic carbocycles. The van der Waals surface area contributed by atoms with Crippen LogP contribution in [-0.4, -0.2) is 51.8 Å². The molecule has 1 aromatic rings. The van der Waals surface area contributed by atoms with Crippen molar-refractivity contribution < 1.29 is 4.79 Å². The number of rotatable bonds is 5. The molecule has 0 bridgehead atoms. The van der Waals surface area contributed by atoms with Crippen molar-refractivity contribution in [1.82, 2.24) is 25.0 Å². The summed E-state index contributed by atoms with van der Waals surface area (Å²) < 4.78 is 1.44. The van der Waals surface area contributed by atoms with Crippen LogP contribution in [0, 0.1) is 0 Å². The Labute approximate surface area is 106 Å². The van der Waals surface area contributed by atoms with Crippen LogP contribution in [0.5, 0.6) is 0 Å². The third kappa shape index (κ3) is 3.99.